The van der Waals surface area contributed by atoms with E-state index in [1.165, 1.54) is 10.5 Å². The first-order chi connectivity index (χ1) is 19.0. The molecule has 0 spiro atoms. The number of hydrogen-bond donors (Lipinski definition) is 2. The number of fused-ring (bicyclic) bond motifs is 5. The number of rotatable bonds is 2. The van der Waals surface area contributed by atoms with E-state index in [0.29, 0.717) is 37.4 Å². The largest absolute Gasteiger partial charge is 0.494 e. The van der Waals surface area contributed by atoms with E-state index in [-0.39, 0.29) is 36.4 Å². The molecule has 2 aromatic rings. The van der Waals surface area contributed by atoms with Gasteiger partial charge in [0, 0.05) is 29.5 Å². The molecule has 4 aliphatic rings. The van der Waals surface area contributed by atoms with Gasteiger partial charge in [-0.25, -0.2) is 4.99 Å². The first kappa shape index (κ1) is 30.0. The number of carbonyl (C=O) groups excluding carboxylic acids is 2. The van der Waals surface area contributed by atoms with E-state index in [9.17, 15) is 9.59 Å². The van der Waals surface area contributed by atoms with Crippen molar-refractivity contribution in [2.75, 3.05) is 13.2 Å². The van der Waals surface area contributed by atoms with Crippen LogP contribution in [0.5, 0.6) is 11.5 Å². The first-order valence-corrected chi connectivity index (χ1v) is 14.5. The van der Waals surface area contributed by atoms with E-state index in [1.807, 2.05) is 40.7 Å². The van der Waals surface area contributed by atoms with Crippen LogP contribution in [0.15, 0.2) is 41.4 Å². The van der Waals surface area contributed by atoms with Crippen LogP contribution < -0.4 is 20.5 Å². The van der Waals surface area contributed by atoms with Crippen molar-refractivity contribution >= 4 is 17.8 Å². The van der Waals surface area contributed by atoms with E-state index < -0.39 is 0 Å². The monoisotopic (exact) mass is 536 g/mol. The highest BCUT2D eigenvalue weighted by Crippen LogP contribution is 2.34. The Morgan fingerprint density at radius 1 is 1.08 bits per heavy atom. The van der Waals surface area contributed by atoms with Gasteiger partial charge in [-0.3, -0.25) is 14.5 Å². The molecule has 0 aliphatic carbocycles. The number of amides is 2. The average Bonchev–Trinajstić information content (AvgIpc) is 2.96. The maximum atomic E-state index is 13.3. The summed E-state index contributed by atoms with van der Waals surface area (Å²) < 4.78 is 11.7. The predicted molar refractivity (Wildman–Crippen MR) is 155 cm³/mol. The van der Waals surface area contributed by atoms with Crippen molar-refractivity contribution < 1.29 is 19.1 Å². The zero-order valence-electron chi connectivity index (χ0n) is 24.1. The fourth-order valence-electron chi connectivity index (χ4n) is 5.09. The van der Waals surface area contributed by atoms with Gasteiger partial charge in [0.15, 0.2) is 5.96 Å². The number of nitrogens with one attached hydrogen (secondary N) is 1. The number of nitrogens with zero attached hydrogens (tertiary/aromatic N) is 2. The summed E-state index contributed by atoms with van der Waals surface area (Å²) in [5, 5.41) is 3.19. The Balaban J connectivity index is 0.00000100. The summed E-state index contributed by atoms with van der Waals surface area (Å²) >= 11 is 0. The Kier molecular flexibility index (Phi) is 11.2. The molecule has 0 saturated carbocycles. The summed E-state index contributed by atoms with van der Waals surface area (Å²) in [6.07, 6.45) is 4.74. The fourth-order valence-corrected chi connectivity index (χ4v) is 5.09. The zero-order chi connectivity index (χ0) is 28.4. The molecule has 0 saturated heterocycles. The van der Waals surface area contributed by atoms with Crippen LogP contribution in [0.4, 0.5) is 0 Å². The van der Waals surface area contributed by atoms with Crippen LogP contribution in [0.2, 0.25) is 0 Å². The Labute approximate surface area is 233 Å². The third kappa shape index (κ3) is 7.31. The number of aryl methyl sites for hydroxylation is 1. The lowest BCUT2D eigenvalue weighted by molar-refractivity contribution is -0.128. The molecule has 2 aromatic carbocycles. The Morgan fingerprint density at radius 2 is 1.87 bits per heavy atom. The number of nitrogens with two attached hydrogens (primary N) is 1. The highest BCUT2D eigenvalue weighted by Gasteiger charge is 2.29. The second-order valence-electron chi connectivity index (χ2n) is 9.36. The number of benzene rings is 2. The molecule has 39 heavy (non-hydrogen) atoms. The molecule has 0 aromatic heterocycles. The average molecular weight is 537 g/mol. The SMILES string of the molecule is CC.CC.CCOc1ccc2cc1CN1C(=O)CC(CCCCc3ccc4c(c3)C(CCO4)NC2=O)N=C1N. The van der Waals surface area contributed by atoms with Crippen molar-refractivity contribution in [2.45, 2.75) is 91.8 Å². The normalized spacial score (nSPS) is 20.4. The van der Waals surface area contributed by atoms with Gasteiger partial charge in [-0.05, 0) is 56.0 Å². The minimum Gasteiger partial charge on any atom is -0.494 e. The lowest BCUT2D eigenvalue weighted by Gasteiger charge is -2.30. The minimum absolute atomic E-state index is 0.0524. The van der Waals surface area contributed by atoms with Crippen LogP contribution in [0.1, 0.15) is 99.8 Å². The Morgan fingerprint density at radius 3 is 2.62 bits per heavy atom. The molecule has 4 aliphatic heterocycles. The van der Waals surface area contributed by atoms with E-state index >= 15 is 0 Å². The first-order valence-electron chi connectivity index (χ1n) is 14.5. The van der Waals surface area contributed by atoms with Crippen molar-refractivity contribution in [3.8, 4) is 11.5 Å². The van der Waals surface area contributed by atoms with Crippen molar-refractivity contribution in [3.63, 3.8) is 0 Å². The molecular formula is C31H44N4O4. The lowest BCUT2D eigenvalue weighted by Crippen LogP contribution is -2.46. The molecule has 0 fully saturated rings. The van der Waals surface area contributed by atoms with Gasteiger partial charge in [0.25, 0.3) is 5.91 Å². The molecule has 2 atom stereocenters. The molecule has 8 heteroatoms. The standard InChI is InChI=1S/C27H32N4O4.2C2H6/c1-2-34-23-10-8-18-14-19(23)16-31-25(32)15-20(29-27(31)28)6-4-3-5-17-7-9-24-21(13-17)22(11-12-35-24)30-26(18)33;2*1-2/h7-10,13-14,20,22H,2-6,11-12,15-16H2,1H3,(H2,28,29)(H,30,33);2*1-2H3. The van der Waals surface area contributed by atoms with Gasteiger partial charge in [0.05, 0.1) is 31.8 Å². The fraction of sp³-hybridized carbons (Fsp3) is 0.516. The predicted octanol–water partition coefficient (Wildman–Crippen LogP) is 5.53. The summed E-state index contributed by atoms with van der Waals surface area (Å²) in [7, 11) is 0. The van der Waals surface area contributed by atoms with Crippen molar-refractivity contribution in [3.05, 3.63) is 58.7 Å². The molecule has 0 radical (unpaired) electrons. The number of carbonyl (C=O) groups is 2. The van der Waals surface area contributed by atoms with E-state index in [4.69, 9.17) is 15.2 Å². The summed E-state index contributed by atoms with van der Waals surface area (Å²) in [6.45, 7) is 11.1. The summed E-state index contributed by atoms with van der Waals surface area (Å²) in [5.74, 6) is 1.46. The molecule has 6 rings (SSSR count). The molecule has 2 amide bonds. The van der Waals surface area contributed by atoms with E-state index in [1.54, 1.807) is 18.2 Å². The summed E-state index contributed by atoms with van der Waals surface area (Å²) in [6, 6.07) is 11.4. The van der Waals surface area contributed by atoms with Gasteiger partial charge in [-0.2, -0.15) is 0 Å². The van der Waals surface area contributed by atoms with Crippen LogP contribution >= 0.6 is 0 Å². The minimum atomic E-state index is -0.176. The third-order valence-electron chi connectivity index (χ3n) is 6.93. The second-order valence-corrected chi connectivity index (χ2v) is 9.36. The van der Waals surface area contributed by atoms with Gasteiger partial charge >= 0.3 is 0 Å². The van der Waals surface area contributed by atoms with Gasteiger partial charge in [-0.1, -0.05) is 46.2 Å². The van der Waals surface area contributed by atoms with Gasteiger partial charge < -0.3 is 20.5 Å². The molecule has 8 nitrogen and oxygen atoms in total. The van der Waals surface area contributed by atoms with Gasteiger partial charge in [0.1, 0.15) is 11.5 Å². The summed E-state index contributed by atoms with van der Waals surface area (Å²) in [5.41, 5.74) is 9.71. The van der Waals surface area contributed by atoms with Crippen molar-refractivity contribution in [2.24, 2.45) is 10.7 Å². The van der Waals surface area contributed by atoms with Gasteiger partial charge in [-0.15, -0.1) is 0 Å². The summed E-state index contributed by atoms with van der Waals surface area (Å²) in [4.78, 5) is 32.4. The van der Waals surface area contributed by atoms with Gasteiger partial charge in [0.2, 0.25) is 5.91 Å². The quantitative estimate of drug-likeness (QED) is 0.525. The number of aliphatic imine (C=N–C) groups is 1. The third-order valence-corrected chi connectivity index (χ3v) is 6.93. The van der Waals surface area contributed by atoms with Crippen LogP contribution in [0.3, 0.4) is 0 Å². The topological polar surface area (TPSA) is 106 Å². The Bertz CT molecular complexity index is 1160. The highest BCUT2D eigenvalue weighted by molar-refractivity contribution is 5.99. The molecule has 212 valence electrons. The van der Waals surface area contributed by atoms with Crippen LogP contribution in [-0.2, 0) is 17.8 Å². The Hall–Kier alpha value is -3.55. The molecular weight excluding hydrogens is 492 g/mol. The van der Waals surface area contributed by atoms with Crippen LogP contribution in [0, 0.1) is 0 Å². The molecule has 4 heterocycles. The molecule has 2 unspecified atom stereocenters. The zero-order valence-corrected chi connectivity index (χ0v) is 24.1. The van der Waals surface area contributed by atoms with E-state index in [2.05, 4.69) is 22.4 Å². The maximum Gasteiger partial charge on any atom is 0.251 e. The number of hydrogen-bond acceptors (Lipinski definition) is 6. The molecule has 6 bridgehead atoms. The maximum absolute atomic E-state index is 13.3. The smallest absolute Gasteiger partial charge is 0.251 e. The number of ether oxygens (including phenoxy) is 2. The van der Waals surface area contributed by atoms with Crippen LogP contribution in [-0.4, -0.2) is 41.9 Å². The van der Waals surface area contributed by atoms with Crippen molar-refractivity contribution in [1.29, 1.82) is 0 Å². The lowest BCUT2D eigenvalue weighted by atomic mass is 9.95. The van der Waals surface area contributed by atoms with Crippen molar-refractivity contribution in [1.82, 2.24) is 10.2 Å². The number of guanidine groups is 1. The second kappa shape index (κ2) is 14.6. The molecule has 3 N–H and O–H groups in total. The van der Waals surface area contributed by atoms with E-state index in [0.717, 1.165) is 42.6 Å². The van der Waals surface area contributed by atoms with Crippen LogP contribution in [0.25, 0.3) is 0 Å². The highest BCUT2D eigenvalue weighted by atomic mass is 16.5.